The van der Waals surface area contributed by atoms with E-state index in [1.807, 2.05) is 40.7 Å². The van der Waals surface area contributed by atoms with E-state index in [1.165, 1.54) is 12.5 Å². The zero-order valence-electron chi connectivity index (χ0n) is 25.8. The second kappa shape index (κ2) is 10.1. The molecule has 0 aliphatic heterocycles. The van der Waals surface area contributed by atoms with Gasteiger partial charge in [0.15, 0.2) is 23.0 Å². The Hall–Kier alpha value is -2.90. The normalized spacial score (nSPS) is 35.8. The van der Waals surface area contributed by atoms with Gasteiger partial charge in [0.2, 0.25) is 0 Å². The molecule has 7 heteroatoms. The van der Waals surface area contributed by atoms with E-state index in [4.69, 9.17) is 0 Å². The van der Waals surface area contributed by atoms with E-state index in [-0.39, 0.29) is 29.6 Å². The van der Waals surface area contributed by atoms with Gasteiger partial charge in [-0.25, -0.2) is 0 Å². The number of rotatable bonds is 6. The number of hydrogen-bond acceptors (Lipinski definition) is 7. The van der Waals surface area contributed by atoms with Crippen LogP contribution in [-0.4, -0.2) is 50.2 Å². The smallest absolute Gasteiger partial charge is 0.188 e. The molecule has 42 heavy (non-hydrogen) atoms. The van der Waals surface area contributed by atoms with Gasteiger partial charge in [-0.15, -0.1) is 0 Å². The van der Waals surface area contributed by atoms with Gasteiger partial charge in [0.05, 0.1) is 17.6 Å². The van der Waals surface area contributed by atoms with Gasteiger partial charge in [-0.2, -0.15) is 0 Å². The number of fused-ring (bicyclic) bond motifs is 3. The molecule has 0 spiro atoms. The Labute approximate surface area is 248 Å². The molecular formula is C35H44O7. The summed E-state index contributed by atoms with van der Waals surface area (Å²) in [6.45, 7) is 12.5. The van der Waals surface area contributed by atoms with Gasteiger partial charge in [0, 0.05) is 5.41 Å². The molecule has 7 nitrogen and oxygen atoms in total. The quantitative estimate of drug-likeness (QED) is 0.414. The number of ketones is 4. The Morgan fingerprint density at radius 2 is 1.74 bits per heavy atom. The summed E-state index contributed by atoms with van der Waals surface area (Å²) >= 11 is 0. The molecule has 0 heterocycles. The number of allylic oxidation sites excluding steroid dienone is 4. The van der Waals surface area contributed by atoms with Gasteiger partial charge in [0.1, 0.15) is 17.5 Å². The number of carbonyl (C=O) groups excluding carboxylic acids is 4. The lowest BCUT2D eigenvalue weighted by Crippen LogP contribution is -2.77. The van der Waals surface area contributed by atoms with Gasteiger partial charge in [-0.05, 0) is 78.9 Å². The minimum atomic E-state index is -2.62. The second-order valence-electron chi connectivity index (χ2n) is 14.4. The van der Waals surface area contributed by atoms with E-state index in [0.717, 1.165) is 12.0 Å². The summed E-state index contributed by atoms with van der Waals surface area (Å²) in [5, 5.41) is 35.2. The standard InChI is InChI=1S/C35H44O7/c1-17(2)22-14-21(13-12-20-10-8-9-11-20)28(37)25-23(22)15-33(6)16-34(7)26(18(3)4)29(38)24(19(5)36)31(40)35(34,42)32(41)27(33)30(25)39/h8,10-11,14,17-18,24,26-27,29,37-38,42H,9,12-13,15-16H2,1-7H3/t24?,26-,27?,29?,33+,34+,35-/m0/s1. The van der Waals surface area contributed by atoms with Crippen molar-refractivity contribution in [2.24, 2.45) is 34.5 Å². The van der Waals surface area contributed by atoms with Crippen LogP contribution in [0, 0.1) is 34.5 Å². The number of phenols is 1. The average Bonchev–Trinajstić information content (AvgIpc) is 3.39. The summed E-state index contributed by atoms with van der Waals surface area (Å²) in [5.74, 6) is -7.17. The fourth-order valence-corrected chi connectivity index (χ4v) is 9.23. The Morgan fingerprint density at radius 1 is 1.07 bits per heavy atom. The van der Waals surface area contributed by atoms with Crippen molar-refractivity contribution in [3.05, 3.63) is 52.1 Å². The number of aryl methyl sites for hydroxylation is 1. The van der Waals surface area contributed by atoms with Crippen LogP contribution in [0.2, 0.25) is 0 Å². The van der Waals surface area contributed by atoms with E-state index in [0.29, 0.717) is 30.4 Å². The van der Waals surface area contributed by atoms with E-state index in [2.05, 4.69) is 18.2 Å². The number of hydrogen-bond donors (Lipinski definition) is 3. The fourth-order valence-electron chi connectivity index (χ4n) is 9.23. The van der Waals surface area contributed by atoms with E-state index in [9.17, 15) is 34.5 Å². The van der Waals surface area contributed by atoms with Crippen molar-refractivity contribution in [1.82, 2.24) is 0 Å². The molecule has 2 saturated carbocycles. The summed E-state index contributed by atoms with van der Waals surface area (Å²) in [4.78, 5) is 55.5. The van der Waals surface area contributed by atoms with Crippen LogP contribution in [0.4, 0.5) is 0 Å². The molecule has 3 unspecified atom stereocenters. The maximum absolute atomic E-state index is 14.5. The third-order valence-electron chi connectivity index (χ3n) is 10.9. The number of aliphatic hydroxyl groups excluding tert-OH is 1. The number of aliphatic hydroxyl groups is 2. The van der Waals surface area contributed by atoms with Crippen molar-refractivity contribution in [2.75, 3.05) is 0 Å². The predicted octanol–water partition coefficient (Wildman–Crippen LogP) is 4.83. The Bertz CT molecular complexity index is 1450. The van der Waals surface area contributed by atoms with Crippen molar-refractivity contribution in [3.8, 4) is 5.75 Å². The predicted molar refractivity (Wildman–Crippen MR) is 158 cm³/mol. The summed E-state index contributed by atoms with van der Waals surface area (Å²) in [7, 11) is 0. The summed E-state index contributed by atoms with van der Waals surface area (Å²) in [6, 6.07) is 1.99. The second-order valence-corrected chi connectivity index (χ2v) is 14.4. The third kappa shape index (κ3) is 4.06. The Balaban J connectivity index is 1.68. The van der Waals surface area contributed by atoms with E-state index >= 15 is 0 Å². The number of Topliss-reactive ketones (excluding diaryl/α,β-unsaturated/α-hetero) is 4. The lowest BCUT2D eigenvalue weighted by atomic mass is 9.39. The first-order valence-corrected chi connectivity index (χ1v) is 15.3. The maximum atomic E-state index is 14.5. The van der Waals surface area contributed by atoms with Crippen LogP contribution in [0.1, 0.15) is 101 Å². The molecule has 5 rings (SSSR count). The molecule has 3 N–H and O–H groups in total. The topological polar surface area (TPSA) is 129 Å². The third-order valence-corrected chi connectivity index (χ3v) is 10.9. The van der Waals surface area contributed by atoms with Gasteiger partial charge >= 0.3 is 0 Å². The van der Waals surface area contributed by atoms with Crippen LogP contribution in [-0.2, 0) is 27.2 Å². The van der Waals surface area contributed by atoms with Crippen molar-refractivity contribution < 1.29 is 34.5 Å². The first kappa shape index (κ1) is 30.6. The maximum Gasteiger partial charge on any atom is 0.188 e. The Morgan fingerprint density at radius 3 is 2.29 bits per heavy atom. The van der Waals surface area contributed by atoms with Gasteiger partial charge in [-0.1, -0.05) is 71.4 Å². The minimum absolute atomic E-state index is 0.0428. The minimum Gasteiger partial charge on any atom is -0.507 e. The van der Waals surface area contributed by atoms with Gasteiger partial charge in [0.25, 0.3) is 0 Å². The summed E-state index contributed by atoms with van der Waals surface area (Å²) in [5.41, 5.74) is -1.44. The average molecular weight is 577 g/mol. The highest BCUT2D eigenvalue weighted by atomic mass is 16.3. The van der Waals surface area contributed by atoms with Crippen LogP contribution < -0.4 is 0 Å². The van der Waals surface area contributed by atoms with Gasteiger partial charge in [-0.3, -0.25) is 19.2 Å². The first-order chi connectivity index (χ1) is 19.5. The zero-order valence-corrected chi connectivity index (χ0v) is 25.8. The number of carbonyl (C=O) groups is 4. The highest BCUT2D eigenvalue weighted by Crippen LogP contribution is 2.64. The van der Waals surface area contributed by atoms with Crippen molar-refractivity contribution >= 4 is 23.1 Å². The molecule has 0 amide bonds. The summed E-state index contributed by atoms with van der Waals surface area (Å²) < 4.78 is 0. The van der Waals surface area contributed by atoms with Crippen LogP contribution >= 0.6 is 0 Å². The number of benzene rings is 1. The first-order valence-electron chi connectivity index (χ1n) is 15.3. The molecule has 0 bridgehead atoms. The monoisotopic (exact) mass is 576 g/mol. The highest BCUT2D eigenvalue weighted by molar-refractivity contribution is 6.26. The molecule has 0 aromatic heterocycles. The largest absolute Gasteiger partial charge is 0.507 e. The molecule has 1 aromatic carbocycles. The van der Waals surface area contributed by atoms with Crippen LogP contribution in [0.3, 0.4) is 0 Å². The molecule has 4 aliphatic carbocycles. The molecule has 0 radical (unpaired) electrons. The van der Waals surface area contributed by atoms with Crippen LogP contribution in [0.5, 0.6) is 5.75 Å². The molecule has 2 fully saturated rings. The van der Waals surface area contributed by atoms with Crippen LogP contribution in [0.25, 0.3) is 0 Å². The molecule has 4 aliphatic rings. The Kier molecular flexibility index (Phi) is 7.34. The van der Waals surface area contributed by atoms with Gasteiger partial charge < -0.3 is 15.3 Å². The molecular weight excluding hydrogens is 532 g/mol. The SMILES string of the molecule is CC(=O)C1C(=O)[C@]2(O)C(=O)C3C(=O)c4c(O)c(CCC5=CCC=C5)cc(C(C)C)c4C[C@]3(C)C[C@]2(C)[C@@H](C(C)C)C1O. The highest BCUT2D eigenvalue weighted by Gasteiger charge is 2.76. The fraction of sp³-hybridized carbons (Fsp3) is 0.600. The van der Waals surface area contributed by atoms with Crippen LogP contribution in [0.15, 0.2) is 29.9 Å². The van der Waals surface area contributed by atoms with Crippen molar-refractivity contribution in [3.63, 3.8) is 0 Å². The van der Waals surface area contributed by atoms with E-state index in [1.54, 1.807) is 6.92 Å². The lowest BCUT2D eigenvalue weighted by Gasteiger charge is -2.63. The molecule has 1 aromatic rings. The summed E-state index contributed by atoms with van der Waals surface area (Å²) in [6.07, 6.45) is 7.43. The molecule has 0 saturated heterocycles. The number of phenolic OH excluding ortho intramolecular Hbond substituents is 1. The molecule has 7 atom stereocenters. The molecule has 226 valence electrons. The lowest BCUT2D eigenvalue weighted by molar-refractivity contribution is -0.222. The van der Waals surface area contributed by atoms with Crippen molar-refractivity contribution in [2.45, 2.75) is 98.2 Å². The zero-order chi connectivity index (χ0) is 31.1. The van der Waals surface area contributed by atoms with E-state index < -0.39 is 63.4 Å². The number of aromatic hydroxyl groups is 1. The van der Waals surface area contributed by atoms with Crippen molar-refractivity contribution in [1.29, 1.82) is 0 Å².